The average Bonchev–Trinajstić information content (AvgIpc) is 2.83. The van der Waals surface area contributed by atoms with Crippen molar-refractivity contribution in [1.29, 1.82) is 0 Å². The molecule has 1 amide bonds. The van der Waals surface area contributed by atoms with Crippen molar-refractivity contribution in [3.63, 3.8) is 0 Å². The van der Waals surface area contributed by atoms with E-state index in [2.05, 4.69) is 5.32 Å². The van der Waals surface area contributed by atoms with Gasteiger partial charge in [0.15, 0.2) is 0 Å². The number of hydrogen-bond donors (Lipinski definition) is 1. The fraction of sp³-hybridized carbons (Fsp3) is 0.214. The Labute approximate surface area is 128 Å². The summed E-state index contributed by atoms with van der Waals surface area (Å²) in [4.78, 5) is 13.1. The minimum Gasteiger partial charge on any atom is -0.320 e. The van der Waals surface area contributed by atoms with Gasteiger partial charge in [-0.25, -0.2) is 0 Å². The SMILES string of the molecule is Cc1ccsc1C(=O)Nc1ccccc1SCC(F)(F)F. The Morgan fingerprint density at radius 1 is 1.29 bits per heavy atom. The zero-order valence-electron chi connectivity index (χ0n) is 11.0. The number of para-hydroxylation sites is 1. The van der Waals surface area contributed by atoms with E-state index >= 15 is 0 Å². The Balaban J connectivity index is 2.13. The number of carbonyl (C=O) groups excluding carboxylic acids is 1. The topological polar surface area (TPSA) is 29.1 Å². The molecule has 0 atom stereocenters. The van der Waals surface area contributed by atoms with Gasteiger partial charge in [-0.3, -0.25) is 4.79 Å². The summed E-state index contributed by atoms with van der Waals surface area (Å²) in [7, 11) is 0. The number of nitrogens with one attached hydrogen (secondary N) is 1. The predicted molar refractivity (Wildman–Crippen MR) is 80.2 cm³/mol. The third kappa shape index (κ3) is 4.50. The standard InChI is InChI=1S/C14H12F3NOS2/c1-9-6-7-20-12(9)13(19)18-10-4-2-3-5-11(10)21-8-14(15,16)17/h2-7H,8H2,1H3,(H,18,19). The van der Waals surface area contributed by atoms with E-state index in [9.17, 15) is 18.0 Å². The number of halogens is 3. The second-order valence-corrected chi connectivity index (χ2v) is 6.22. The largest absolute Gasteiger partial charge is 0.398 e. The van der Waals surface area contributed by atoms with Crippen LogP contribution in [0.15, 0.2) is 40.6 Å². The van der Waals surface area contributed by atoms with Crippen LogP contribution >= 0.6 is 23.1 Å². The Morgan fingerprint density at radius 3 is 2.62 bits per heavy atom. The summed E-state index contributed by atoms with van der Waals surface area (Å²) in [5, 5.41) is 4.47. The Morgan fingerprint density at radius 2 is 2.00 bits per heavy atom. The molecule has 1 N–H and O–H groups in total. The van der Waals surface area contributed by atoms with Crippen LogP contribution in [0.5, 0.6) is 0 Å². The Kier molecular flexibility index (Phi) is 4.95. The van der Waals surface area contributed by atoms with E-state index in [1.54, 1.807) is 29.6 Å². The van der Waals surface area contributed by atoms with E-state index < -0.39 is 11.9 Å². The van der Waals surface area contributed by atoms with Crippen LogP contribution in [-0.2, 0) is 0 Å². The molecule has 2 rings (SSSR count). The number of thioether (sulfide) groups is 1. The molecular formula is C14H12F3NOS2. The maximum atomic E-state index is 12.3. The highest BCUT2D eigenvalue weighted by atomic mass is 32.2. The normalized spacial score (nSPS) is 11.4. The number of aryl methyl sites for hydroxylation is 1. The average molecular weight is 331 g/mol. The molecule has 0 unspecified atom stereocenters. The molecule has 7 heteroatoms. The lowest BCUT2D eigenvalue weighted by molar-refractivity contribution is -0.105. The van der Waals surface area contributed by atoms with E-state index in [1.807, 2.05) is 13.0 Å². The lowest BCUT2D eigenvalue weighted by atomic mass is 10.2. The zero-order chi connectivity index (χ0) is 15.5. The van der Waals surface area contributed by atoms with Crippen molar-refractivity contribution in [3.8, 4) is 0 Å². The molecule has 0 bridgehead atoms. The van der Waals surface area contributed by atoms with Gasteiger partial charge in [0.05, 0.1) is 16.3 Å². The number of amides is 1. The molecule has 0 aliphatic heterocycles. The Bertz CT molecular complexity index is 637. The molecular weight excluding hydrogens is 319 g/mol. The van der Waals surface area contributed by atoms with Crippen LogP contribution in [0.1, 0.15) is 15.2 Å². The van der Waals surface area contributed by atoms with Gasteiger partial charge in [0, 0.05) is 4.90 Å². The highest BCUT2D eigenvalue weighted by Gasteiger charge is 2.27. The number of alkyl halides is 3. The van der Waals surface area contributed by atoms with E-state index in [0.717, 1.165) is 5.56 Å². The summed E-state index contributed by atoms with van der Waals surface area (Å²) >= 11 is 1.96. The first kappa shape index (κ1) is 15.9. The minimum atomic E-state index is -4.24. The van der Waals surface area contributed by atoms with Crippen LogP contribution in [0.4, 0.5) is 18.9 Å². The van der Waals surface area contributed by atoms with Crippen molar-refractivity contribution in [1.82, 2.24) is 0 Å². The number of rotatable bonds is 4. The first-order valence-electron chi connectivity index (χ1n) is 6.01. The summed E-state index contributed by atoms with van der Waals surface area (Å²) in [5.41, 5.74) is 1.24. The van der Waals surface area contributed by atoms with E-state index in [0.29, 0.717) is 27.2 Å². The quantitative estimate of drug-likeness (QED) is 0.802. The van der Waals surface area contributed by atoms with Crippen molar-refractivity contribution >= 4 is 34.7 Å². The Hall–Kier alpha value is -1.47. The van der Waals surface area contributed by atoms with Crippen molar-refractivity contribution in [2.24, 2.45) is 0 Å². The van der Waals surface area contributed by atoms with E-state index in [4.69, 9.17) is 0 Å². The highest BCUT2D eigenvalue weighted by Crippen LogP contribution is 2.32. The third-order valence-electron chi connectivity index (χ3n) is 2.59. The van der Waals surface area contributed by atoms with Crippen molar-refractivity contribution < 1.29 is 18.0 Å². The minimum absolute atomic E-state index is 0.303. The molecule has 2 aromatic rings. The fourth-order valence-corrected chi connectivity index (χ4v) is 3.23. The number of thiophene rings is 1. The molecule has 1 aromatic heterocycles. The van der Waals surface area contributed by atoms with Gasteiger partial charge in [0.1, 0.15) is 0 Å². The maximum absolute atomic E-state index is 12.3. The molecule has 0 fully saturated rings. The van der Waals surface area contributed by atoms with Crippen LogP contribution < -0.4 is 5.32 Å². The van der Waals surface area contributed by atoms with Crippen LogP contribution in [0.2, 0.25) is 0 Å². The number of carbonyl (C=O) groups is 1. The van der Waals surface area contributed by atoms with Gasteiger partial charge in [-0.05, 0) is 36.1 Å². The highest BCUT2D eigenvalue weighted by molar-refractivity contribution is 7.99. The van der Waals surface area contributed by atoms with Crippen molar-refractivity contribution in [3.05, 3.63) is 46.2 Å². The number of hydrogen-bond acceptors (Lipinski definition) is 3. The van der Waals surface area contributed by atoms with Gasteiger partial charge in [-0.1, -0.05) is 12.1 Å². The molecule has 21 heavy (non-hydrogen) atoms. The predicted octanol–water partition coefficient (Wildman–Crippen LogP) is 4.96. The van der Waals surface area contributed by atoms with Crippen LogP contribution in [-0.4, -0.2) is 17.8 Å². The molecule has 0 saturated carbocycles. The second-order valence-electron chi connectivity index (χ2n) is 4.29. The molecule has 0 saturated heterocycles. The molecule has 0 radical (unpaired) electrons. The first-order chi connectivity index (χ1) is 9.87. The van der Waals surface area contributed by atoms with Gasteiger partial charge in [-0.15, -0.1) is 23.1 Å². The van der Waals surface area contributed by atoms with E-state index in [-0.39, 0.29) is 5.91 Å². The monoisotopic (exact) mass is 331 g/mol. The van der Waals surface area contributed by atoms with Crippen LogP contribution in [0.25, 0.3) is 0 Å². The van der Waals surface area contributed by atoms with Crippen LogP contribution in [0, 0.1) is 6.92 Å². The van der Waals surface area contributed by atoms with Gasteiger partial charge < -0.3 is 5.32 Å². The summed E-state index contributed by atoms with van der Waals surface area (Å²) in [6, 6.07) is 8.30. The summed E-state index contributed by atoms with van der Waals surface area (Å²) in [5.74, 6) is -1.29. The molecule has 1 heterocycles. The smallest absolute Gasteiger partial charge is 0.320 e. The third-order valence-corrected chi connectivity index (χ3v) is 4.75. The molecule has 2 nitrogen and oxygen atoms in total. The zero-order valence-corrected chi connectivity index (χ0v) is 12.7. The maximum Gasteiger partial charge on any atom is 0.398 e. The van der Waals surface area contributed by atoms with Crippen molar-refractivity contribution in [2.75, 3.05) is 11.1 Å². The molecule has 0 aliphatic rings. The molecule has 1 aromatic carbocycles. The summed E-state index contributed by atoms with van der Waals surface area (Å²) < 4.78 is 36.9. The molecule has 112 valence electrons. The van der Waals surface area contributed by atoms with E-state index in [1.165, 1.54) is 11.3 Å². The lowest BCUT2D eigenvalue weighted by Gasteiger charge is -2.11. The van der Waals surface area contributed by atoms with Gasteiger partial charge >= 0.3 is 6.18 Å². The summed E-state index contributed by atoms with van der Waals surface area (Å²) in [6.45, 7) is 1.82. The van der Waals surface area contributed by atoms with Gasteiger partial charge in [-0.2, -0.15) is 13.2 Å². The molecule has 0 aliphatic carbocycles. The summed E-state index contributed by atoms with van der Waals surface area (Å²) in [6.07, 6.45) is -4.24. The fourth-order valence-electron chi connectivity index (χ4n) is 1.64. The van der Waals surface area contributed by atoms with Crippen molar-refractivity contribution in [2.45, 2.75) is 18.0 Å². The second kappa shape index (κ2) is 6.53. The van der Waals surface area contributed by atoms with Gasteiger partial charge in [0.2, 0.25) is 0 Å². The van der Waals surface area contributed by atoms with Gasteiger partial charge in [0.25, 0.3) is 5.91 Å². The lowest BCUT2D eigenvalue weighted by Crippen LogP contribution is -2.13. The van der Waals surface area contributed by atoms with Crippen LogP contribution in [0.3, 0.4) is 0 Å². The number of anilines is 1. The number of benzene rings is 1. The first-order valence-corrected chi connectivity index (χ1v) is 7.87. The molecule has 0 spiro atoms.